The van der Waals surface area contributed by atoms with Crippen molar-refractivity contribution in [2.75, 3.05) is 26.1 Å². The molecule has 0 radical (unpaired) electrons. The van der Waals surface area contributed by atoms with Gasteiger partial charge in [-0.1, -0.05) is 41.7 Å². The largest absolute Gasteiger partial charge is 0.486 e. The zero-order chi connectivity index (χ0) is 22.3. The summed E-state index contributed by atoms with van der Waals surface area (Å²) >= 11 is 3.15. The van der Waals surface area contributed by atoms with E-state index in [9.17, 15) is 9.59 Å². The number of rotatable bonds is 8. The maximum Gasteiger partial charge on any atom is 0.325 e. The van der Waals surface area contributed by atoms with Crippen molar-refractivity contribution in [1.29, 1.82) is 0 Å². The van der Waals surface area contributed by atoms with Gasteiger partial charge < -0.3 is 18.8 Å². The molecule has 4 rings (SSSR count). The second-order valence-electron chi connectivity index (χ2n) is 7.16. The summed E-state index contributed by atoms with van der Waals surface area (Å²) in [5.74, 6) is 2.47. The first kappa shape index (κ1) is 22.4. The fourth-order valence-electron chi connectivity index (χ4n) is 3.29. The first-order chi connectivity index (χ1) is 15.6. The van der Waals surface area contributed by atoms with Crippen LogP contribution in [0.15, 0.2) is 47.5 Å². The van der Waals surface area contributed by atoms with Gasteiger partial charge >= 0.3 is 5.97 Å². The van der Waals surface area contributed by atoms with Crippen LogP contribution in [0.4, 0.5) is 0 Å². The van der Waals surface area contributed by atoms with Gasteiger partial charge in [0.05, 0.1) is 17.3 Å². The fourth-order valence-corrected chi connectivity index (χ4v) is 5.27. The van der Waals surface area contributed by atoms with Crippen LogP contribution in [0.25, 0.3) is 10.2 Å². The topological polar surface area (TPSA) is 79.1 Å². The van der Waals surface area contributed by atoms with Gasteiger partial charge in [-0.2, -0.15) is 16.8 Å². The van der Waals surface area contributed by atoms with Crippen molar-refractivity contribution in [2.45, 2.75) is 25.1 Å². The number of hydrogen-bond donors (Lipinski definition) is 0. The van der Waals surface area contributed by atoms with E-state index in [0.29, 0.717) is 35.9 Å². The van der Waals surface area contributed by atoms with Crippen LogP contribution in [-0.2, 0) is 26.6 Å². The number of carbonyl (C=O) groups is 2. The van der Waals surface area contributed by atoms with Crippen molar-refractivity contribution in [3.63, 3.8) is 0 Å². The monoisotopic (exact) mass is 472 g/mol. The van der Waals surface area contributed by atoms with Crippen LogP contribution in [0.1, 0.15) is 18.4 Å². The average molecular weight is 473 g/mol. The second-order valence-corrected chi connectivity index (χ2v) is 9.27. The molecule has 9 heteroatoms. The van der Waals surface area contributed by atoms with Crippen LogP contribution < -0.4 is 14.3 Å². The normalized spacial score (nSPS) is 13.3. The van der Waals surface area contributed by atoms with Gasteiger partial charge in [-0.15, -0.1) is 0 Å². The molecule has 3 aromatic rings. The summed E-state index contributed by atoms with van der Waals surface area (Å²) in [6.45, 7) is 0.927. The minimum atomic E-state index is -0.411. The van der Waals surface area contributed by atoms with Gasteiger partial charge in [-0.3, -0.25) is 9.59 Å². The molecule has 1 aliphatic rings. The molecule has 1 amide bonds. The Labute approximate surface area is 194 Å². The molecular formula is C23H24N2O5S2. The molecule has 32 heavy (non-hydrogen) atoms. The highest BCUT2D eigenvalue weighted by molar-refractivity contribution is 7.98. The van der Waals surface area contributed by atoms with Gasteiger partial charge in [0.2, 0.25) is 5.91 Å². The Morgan fingerprint density at radius 1 is 1.16 bits per heavy atom. The van der Waals surface area contributed by atoms with Gasteiger partial charge in [-0.25, -0.2) is 0 Å². The number of hydrogen-bond acceptors (Lipinski definition) is 7. The number of thiazole rings is 1. The molecule has 0 saturated heterocycles. The number of benzene rings is 2. The summed E-state index contributed by atoms with van der Waals surface area (Å²) in [4.78, 5) is 29.3. The lowest BCUT2D eigenvalue weighted by molar-refractivity contribution is -0.141. The Hall–Kier alpha value is -2.78. The molecule has 0 unspecified atom stereocenters. The van der Waals surface area contributed by atoms with Crippen LogP contribution in [0, 0.1) is 0 Å². The number of amides is 1. The Balaban J connectivity index is 1.47. The smallest absolute Gasteiger partial charge is 0.325 e. The molecule has 2 heterocycles. The van der Waals surface area contributed by atoms with E-state index in [1.807, 2.05) is 30.3 Å². The molecule has 1 aliphatic heterocycles. The summed E-state index contributed by atoms with van der Waals surface area (Å²) in [5, 5.41) is 0. The van der Waals surface area contributed by atoms with Crippen molar-refractivity contribution in [1.82, 2.24) is 4.57 Å². The third-order valence-corrected chi connectivity index (χ3v) is 7.03. The molecule has 168 valence electrons. The van der Waals surface area contributed by atoms with Crippen LogP contribution in [0.3, 0.4) is 0 Å². The zero-order valence-corrected chi connectivity index (χ0v) is 19.4. The van der Waals surface area contributed by atoms with Crippen LogP contribution in [0.2, 0.25) is 0 Å². The highest BCUT2D eigenvalue weighted by atomic mass is 32.2. The number of methoxy groups -OCH3 is 1. The Morgan fingerprint density at radius 3 is 2.66 bits per heavy atom. The van der Waals surface area contributed by atoms with Crippen molar-refractivity contribution in [2.24, 2.45) is 4.99 Å². The quantitative estimate of drug-likeness (QED) is 0.367. The number of thioether (sulfide) groups is 1. The summed E-state index contributed by atoms with van der Waals surface area (Å²) < 4.78 is 18.7. The molecule has 0 N–H and O–H groups in total. The Morgan fingerprint density at radius 2 is 1.91 bits per heavy atom. The van der Waals surface area contributed by atoms with E-state index in [1.165, 1.54) is 24.0 Å². The number of nitrogens with zero attached hydrogens (tertiary/aromatic N) is 2. The van der Waals surface area contributed by atoms with Crippen LogP contribution in [0.5, 0.6) is 11.5 Å². The van der Waals surface area contributed by atoms with Gasteiger partial charge in [0.15, 0.2) is 16.3 Å². The number of aromatic nitrogens is 1. The summed E-state index contributed by atoms with van der Waals surface area (Å²) in [7, 11) is 1.34. The summed E-state index contributed by atoms with van der Waals surface area (Å²) in [6.07, 6.45) is 1.11. The number of fused-ring (bicyclic) bond motifs is 2. The molecule has 2 aromatic carbocycles. The minimum absolute atomic E-state index is 0.0326. The van der Waals surface area contributed by atoms with Crippen LogP contribution >= 0.6 is 23.1 Å². The predicted octanol–water partition coefficient (Wildman–Crippen LogP) is 3.79. The lowest BCUT2D eigenvalue weighted by atomic mass is 10.2. The van der Waals surface area contributed by atoms with Crippen molar-refractivity contribution in [3.8, 4) is 11.5 Å². The van der Waals surface area contributed by atoms with E-state index >= 15 is 0 Å². The Bertz CT molecular complexity index is 1170. The van der Waals surface area contributed by atoms with E-state index in [2.05, 4.69) is 17.1 Å². The van der Waals surface area contributed by atoms with E-state index in [0.717, 1.165) is 28.1 Å². The van der Waals surface area contributed by atoms with E-state index in [4.69, 9.17) is 14.2 Å². The van der Waals surface area contributed by atoms with Gasteiger partial charge in [0.1, 0.15) is 19.8 Å². The van der Waals surface area contributed by atoms with Crippen LogP contribution in [-0.4, -0.2) is 42.5 Å². The number of esters is 1. The molecule has 0 spiro atoms. The first-order valence-electron chi connectivity index (χ1n) is 10.3. The Kier molecular flexibility index (Phi) is 7.49. The standard InChI is InChI=1S/C23H24N2O5S2/c1-28-22(27)14-25-17-12-18-19(30-10-9-29-18)13-20(17)32-23(25)24-21(26)8-5-11-31-15-16-6-3-2-4-7-16/h2-4,6-7,12-13H,5,8-11,14-15H2,1H3. The predicted molar refractivity (Wildman–Crippen MR) is 125 cm³/mol. The highest BCUT2D eigenvalue weighted by Gasteiger charge is 2.18. The average Bonchev–Trinajstić information content (AvgIpc) is 3.13. The van der Waals surface area contributed by atoms with Gasteiger partial charge in [-0.05, 0) is 17.7 Å². The number of carbonyl (C=O) groups excluding carboxylic acids is 2. The molecule has 0 saturated carbocycles. The maximum absolute atomic E-state index is 12.5. The second kappa shape index (κ2) is 10.7. The fraction of sp³-hybridized carbons (Fsp3) is 0.348. The summed E-state index contributed by atoms with van der Waals surface area (Å²) in [5.41, 5.74) is 2.04. The zero-order valence-electron chi connectivity index (χ0n) is 17.7. The summed E-state index contributed by atoms with van der Waals surface area (Å²) in [6, 6.07) is 14.0. The van der Waals surface area contributed by atoms with Crippen molar-refractivity contribution >= 4 is 45.2 Å². The maximum atomic E-state index is 12.5. The molecule has 0 aliphatic carbocycles. The molecule has 1 aromatic heterocycles. The van der Waals surface area contributed by atoms with Crippen molar-refractivity contribution in [3.05, 3.63) is 52.8 Å². The first-order valence-corrected chi connectivity index (χ1v) is 12.3. The van der Waals surface area contributed by atoms with E-state index in [1.54, 1.807) is 16.3 Å². The van der Waals surface area contributed by atoms with Crippen molar-refractivity contribution < 1.29 is 23.8 Å². The molecule has 7 nitrogen and oxygen atoms in total. The molecule has 0 atom stereocenters. The third kappa shape index (κ3) is 5.52. The van der Waals surface area contributed by atoms with Gasteiger partial charge in [0, 0.05) is 24.3 Å². The highest BCUT2D eigenvalue weighted by Crippen LogP contribution is 2.35. The third-order valence-electron chi connectivity index (χ3n) is 4.87. The van der Waals surface area contributed by atoms with E-state index in [-0.39, 0.29) is 12.5 Å². The molecule has 0 fully saturated rings. The van der Waals surface area contributed by atoms with Gasteiger partial charge in [0.25, 0.3) is 0 Å². The lowest BCUT2D eigenvalue weighted by Gasteiger charge is -2.18. The lowest BCUT2D eigenvalue weighted by Crippen LogP contribution is -2.22. The SMILES string of the molecule is COC(=O)Cn1c(=NC(=O)CCCSCc2ccccc2)sc2cc3c(cc21)OCCO3. The van der Waals surface area contributed by atoms with E-state index < -0.39 is 5.97 Å². The molecule has 0 bridgehead atoms. The molecular weight excluding hydrogens is 448 g/mol. The number of ether oxygens (including phenoxy) is 3. The minimum Gasteiger partial charge on any atom is -0.486 e.